The van der Waals surface area contributed by atoms with E-state index in [9.17, 15) is 4.79 Å². The maximum atomic E-state index is 12.9. The highest BCUT2D eigenvalue weighted by Crippen LogP contribution is 2.36. The lowest BCUT2D eigenvalue weighted by atomic mass is 9.74. The molecule has 0 spiro atoms. The van der Waals surface area contributed by atoms with Gasteiger partial charge in [0.05, 0.1) is 11.1 Å². The Morgan fingerprint density at radius 2 is 2.00 bits per heavy atom. The van der Waals surface area contributed by atoms with E-state index in [2.05, 4.69) is 23.9 Å². The molecule has 0 amide bonds. The fourth-order valence-electron chi connectivity index (χ4n) is 3.39. The quantitative estimate of drug-likeness (QED) is 0.749. The first-order valence-corrected chi connectivity index (χ1v) is 7.72. The van der Waals surface area contributed by atoms with Crippen LogP contribution in [0.25, 0.3) is 16.7 Å². The average molecular weight is 293 g/mol. The number of fused-ring (bicyclic) bond motifs is 3. The monoisotopic (exact) mass is 293 g/mol. The molecule has 22 heavy (non-hydrogen) atoms. The summed E-state index contributed by atoms with van der Waals surface area (Å²) in [7, 11) is 0. The summed E-state index contributed by atoms with van der Waals surface area (Å²) < 4.78 is 1.60. The predicted molar refractivity (Wildman–Crippen MR) is 87.5 cm³/mol. The van der Waals surface area contributed by atoms with Crippen molar-refractivity contribution in [2.24, 2.45) is 5.41 Å². The third-order valence-corrected chi connectivity index (χ3v) is 4.65. The molecule has 112 valence electrons. The number of aryl methyl sites for hydroxylation is 1. The number of nitrogens with one attached hydrogen (secondary N) is 1. The molecule has 0 saturated heterocycles. The van der Waals surface area contributed by atoms with E-state index in [0.29, 0.717) is 5.65 Å². The number of benzene rings is 1. The first kappa shape index (κ1) is 13.3. The van der Waals surface area contributed by atoms with Gasteiger partial charge < -0.3 is 0 Å². The number of para-hydroxylation sites is 1. The molecule has 0 aliphatic heterocycles. The summed E-state index contributed by atoms with van der Waals surface area (Å²) in [5.41, 5.74) is 4.17. The molecule has 2 heterocycles. The zero-order valence-corrected chi connectivity index (χ0v) is 12.9. The van der Waals surface area contributed by atoms with Crippen molar-refractivity contribution in [2.45, 2.75) is 33.1 Å². The summed E-state index contributed by atoms with van der Waals surface area (Å²) in [5.74, 6) is 0. The molecule has 0 bridgehead atoms. The molecule has 4 rings (SSSR count). The fourth-order valence-corrected chi connectivity index (χ4v) is 3.39. The number of H-pyrrole nitrogens is 1. The van der Waals surface area contributed by atoms with Crippen LogP contribution in [0.1, 0.15) is 31.4 Å². The molecule has 0 atom stereocenters. The van der Waals surface area contributed by atoms with Crippen molar-refractivity contribution in [1.29, 1.82) is 0 Å². The Morgan fingerprint density at radius 3 is 2.77 bits per heavy atom. The van der Waals surface area contributed by atoms with Gasteiger partial charge in [0.1, 0.15) is 0 Å². The molecule has 1 aliphatic rings. The minimum Gasteiger partial charge on any atom is -0.274 e. The number of nitrogens with zero attached hydrogens (tertiary/aromatic N) is 2. The Morgan fingerprint density at radius 1 is 1.23 bits per heavy atom. The van der Waals surface area contributed by atoms with Crippen LogP contribution < -0.4 is 5.56 Å². The molecule has 1 aliphatic carbocycles. The van der Waals surface area contributed by atoms with E-state index in [1.54, 1.807) is 4.68 Å². The maximum absolute atomic E-state index is 12.9. The van der Waals surface area contributed by atoms with Crippen molar-refractivity contribution in [1.82, 2.24) is 14.8 Å². The topological polar surface area (TPSA) is 50.7 Å². The summed E-state index contributed by atoms with van der Waals surface area (Å²) in [4.78, 5) is 17.4. The highest BCUT2D eigenvalue weighted by molar-refractivity contribution is 5.80. The lowest BCUT2D eigenvalue weighted by Gasteiger charge is -2.31. The van der Waals surface area contributed by atoms with Crippen molar-refractivity contribution in [3.05, 3.63) is 58.0 Å². The molecule has 0 unspecified atom stereocenters. The zero-order valence-electron chi connectivity index (χ0n) is 12.9. The molecule has 4 heteroatoms. The van der Waals surface area contributed by atoms with Gasteiger partial charge in [0.25, 0.3) is 5.56 Å². The van der Waals surface area contributed by atoms with Crippen molar-refractivity contribution in [3.63, 3.8) is 0 Å². The van der Waals surface area contributed by atoms with Crippen molar-refractivity contribution in [2.75, 3.05) is 0 Å². The summed E-state index contributed by atoms with van der Waals surface area (Å²) in [5, 5.41) is 3.91. The van der Waals surface area contributed by atoms with Gasteiger partial charge in [0.2, 0.25) is 0 Å². The normalized spacial score (nSPS) is 16.6. The van der Waals surface area contributed by atoms with Crippen LogP contribution in [-0.2, 0) is 12.8 Å². The Labute approximate surface area is 128 Å². The molecule has 0 fully saturated rings. The molecule has 2 aromatic heterocycles. The highest BCUT2D eigenvalue weighted by atomic mass is 16.1. The standard InChI is InChI=1S/C18H19N3O/c1-18(2)9-8-12-11-19-16-15(14(12)10-18)17(22)21(20-16)13-6-4-3-5-7-13/h3-7,11H,8-10H2,1-2H3,(H,19,20). The molecule has 0 saturated carbocycles. The predicted octanol–water partition coefficient (Wildman–Crippen LogP) is 3.23. The van der Waals surface area contributed by atoms with Gasteiger partial charge in [-0.25, -0.2) is 9.67 Å². The largest absolute Gasteiger partial charge is 0.281 e. The number of hydrogen-bond acceptors (Lipinski definition) is 2. The molecule has 1 N–H and O–H groups in total. The first-order chi connectivity index (χ1) is 10.6. The van der Waals surface area contributed by atoms with Gasteiger partial charge in [-0.3, -0.25) is 9.89 Å². The van der Waals surface area contributed by atoms with E-state index in [4.69, 9.17) is 0 Å². The second kappa shape index (κ2) is 4.57. The summed E-state index contributed by atoms with van der Waals surface area (Å²) in [6, 6.07) is 9.65. The number of pyridine rings is 1. The first-order valence-electron chi connectivity index (χ1n) is 7.72. The fraction of sp³-hybridized carbons (Fsp3) is 0.333. The number of aromatic nitrogens is 3. The average Bonchev–Trinajstić information content (AvgIpc) is 2.85. The van der Waals surface area contributed by atoms with Crippen LogP contribution in [0.3, 0.4) is 0 Å². The lowest BCUT2D eigenvalue weighted by Crippen LogP contribution is -2.24. The van der Waals surface area contributed by atoms with Gasteiger partial charge in [-0.2, -0.15) is 0 Å². The second-order valence-corrected chi connectivity index (χ2v) is 6.91. The Bertz CT molecular complexity index is 903. The summed E-state index contributed by atoms with van der Waals surface area (Å²) in [6.45, 7) is 4.54. The minimum absolute atomic E-state index is 0.00301. The van der Waals surface area contributed by atoms with Crippen LogP contribution in [0.4, 0.5) is 0 Å². The van der Waals surface area contributed by atoms with Gasteiger partial charge in [-0.1, -0.05) is 32.0 Å². The molecule has 3 aromatic rings. The Kier molecular flexibility index (Phi) is 2.76. The third kappa shape index (κ3) is 1.98. The van der Waals surface area contributed by atoms with Gasteiger partial charge in [-0.05, 0) is 47.9 Å². The maximum Gasteiger partial charge on any atom is 0.281 e. The highest BCUT2D eigenvalue weighted by Gasteiger charge is 2.28. The number of hydrogen-bond donors (Lipinski definition) is 1. The van der Waals surface area contributed by atoms with Crippen LogP contribution >= 0.6 is 0 Å². The van der Waals surface area contributed by atoms with E-state index in [-0.39, 0.29) is 11.0 Å². The van der Waals surface area contributed by atoms with E-state index >= 15 is 0 Å². The minimum atomic E-state index is 0.00301. The number of rotatable bonds is 1. The molecular weight excluding hydrogens is 274 g/mol. The lowest BCUT2D eigenvalue weighted by molar-refractivity contribution is 0.316. The van der Waals surface area contributed by atoms with E-state index in [0.717, 1.165) is 30.3 Å². The van der Waals surface area contributed by atoms with Gasteiger partial charge >= 0.3 is 0 Å². The van der Waals surface area contributed by atoms with Gasteiger partial charge in [-0.15, -0.1) is 0 Å². The summed E-state index contributed by atoms with van der Waals surface area (Å²) >= 11 is 0. The SMILES string of the molecule is CC1(C)CCc2cnc3[nH]n(-c4ccccc4)c(=O)c3c2C1. The van der Waals surface area contributed by atoms with Gasteiger partial charge in [0, 0.05) is 6.20 Å². The van der Waals surface area contributed by atoms with E-state index in [1.807, 2.05) is 36.5 Å². The van der Waals surface area contributed by atoms with Gasteiger partial charge in [0.15, 0.2) is 5.65 Å². The van der Waals surface area contributed by atoms with Crippen LogP contribution in [-0.4, -0.2) is 14.8 Å². The van der Waals surface area contributed by atoms with Crippen LogP contribution in [0.5, 0.6) is 0 Å². The third-order valence-electron chi connectivity index (χ3n) is 4.65. The van der Waals surface area contributed by atoms with E-state index in [1.165, 1.54) is 11.1 Å². The molecule has 0 radical (unpaired) electrons. The smallest absolute Gasteiger partial charge is 0.274 e. The molecule has 1 aromatic carbocycles. The van der Waals surface area contributed by atoms with Crippen molar-refractivity contribution < 1.29 is 0 Å². The van der Waals surface area contributed by atoms with Crippen molar-refractivity contribution in [3.8, 4) is 5.69 Å². The molecule has 4 nitrogen and oxygen atoms in total. The summed E-state index contributed by atoms with van der Waals surface area (Å²) in [6.07, 6.45) is 5.01. The van der Waals surface area contributed by atoms with Crippen molar-refractivity contribution >= 4 is 11.0 Å². The van der Waals surface area contributed by atoms with E-state index < -0.39 is 0 Å². The number of aromatic amines is 1. The van der Waals surface area contributed by atoms with Crippen LogP contribution in [0.2, 0.25) is 0 Å². The Balaban J connectivity index is 1.99. The zero-order chi connectivity index (χ0) is 15.3. The van der Waals surface area contributed by atoms with Crippen LogP contribution in [0, 0.1) is 5.41 Å². The Hall–Kier alpha value is -2.36. The second-order valence-electron chi connectivity index (χ2n) is 6.91. The molecular formula is C18H19N3O. The van der Waals surface area contributed by atoms with Crippen LogP contribution in [0.15, 0.2) is 41.3 Å².